The molecule has 3 atom stereocenters. The lowest BCUT2D eigenvalue weighted by atomic mass is 9.86. The van der Waals surface area contributed by atoms with Gasteiger partial charge in [0.05, 0.1) is 24.3 Å². The number of rotatable bonds is 18. The summed E-state index contributed by atoms with van der Waals surface area (Å²) in [6, 6.07) is 23.9. The molecule has 3 aliphatic heterocycles. The minimum absolute atomic E-state index is 0.00780. The van der Waals surface area contributed by atoms with Crippen LogP contribution in [-0.4, -0.2) is 71.6 Å². The number of nitrogens with zero attached hydrogens (tertiary/aromatic N) is 1. The largest absolute Gasteiger partial charge is 0.506 e. The van der Waals surface area contributed by atoms with E-state index in [0.29, 0.717) is 35.5 Å². The number of carbonyl (C=O) groups excluding carboxylic acids is 1. The molecular formula is C41H52N4O6. The summed E-state index contributed by atoms with van der Waals surface area (Å²) < 4.78 is 12.0. The number of phenolic OH excluding ortho intramolecular Hbond substituents is 1. The Hall–Kier alpha value is -4.38. The molecule has 10 heteroatoms. The maximum Gasteiger partial charge on any atom is 0.408 e. The molecule has 5 N–H and O–H groups in total. The van der Waals surface area contributed by atoms with Crippen LogP contribution in [0.4, 0.5) is 4.79 Å². The average Bonchev–Trinajstić information content (AvgIpc) is 3.15. The number of amides is 1. The second kappa shape index (κ2) is 18.2. The fraction of sp³-hybridized carbons (Fsp3) is 0.463. The van der Waals surface area contributed by atoms with Crippen molar-refractivity contribution in [2.24, 2.45) is 5.92 Å². The fourth-order valence-corrected chi connectivity index (χ4v) is 7.42. The van der Waals surface area contributed by atoms with Crippen LogP contribution in [0.3, 0.4) is 0 Å². The second-order valence-electron chi connectivity index (χ2n) is 14.0. The number of nitrogens with one attached hydrogen (secondary N) is 3. The maximum atomic E-state index is 13.1. The third-order valence-corrected chi connectivity index (χ3v) is 10.3. The third kappa shape index (κ3) is 10.1. The van der Waals surface area contributed by atoms with Gasteiger partial charge in [-0.25, -0.2) is 4.79 Å². The van der Waals surface area contributed by atoms with Gasteiger partial charge in [0, 0.05) is 24.5 Å². The molecule has 0 radical (unpaired) electrons. The number of hydrogen-bond acceptors (Lipinski definition) is 8. The molecule has 1 amide bonds. The number of aliphatic hydroxyl groups is 1. The van der Waals surface area contributed by atoms with E-state index in [0.717, 1.165) is 81.6 Å². The van der Waals surface area contributed by atoms with Gasteiger partial charge in [-0.1, -0.05) is 80.6 Å². The lowest BCUT2D eigenvalue weighted by molar-refractivity contribution is -0.0336. The molecule has 4 aromatic rings. The molecule has 3 aromatic carbocycles. The van der Waals surface area contributed by atoms with Crippen LogP contribution in [0.15, 0.2) is 83.7 Å². The number of aromatic nitrogens is 1. The summed E-state index contributed by atoms with van der Waals surface area (Å²) in [5, 5.41) is 27.9. The van der Waals surface area contributed by atoms with E-state index in [4.69, 9.17) is 9.47 Å². The van der Waals surface area contributed by atoms with Crippen molar-refractivity contribution in [3.05, 3.63) is 106 Å². The van der Waals surface area contributed by atoms with Crippen LogP contribution in [0.2, 0.25) is 0 Å². The van der Waals surface area contributed by atoms with E-state index >= 15 is 0 Å². The highest BCUT2D eigenvalue weighted by molar-refractivity contribution is 5.87. The second-order valence-corrected chi connectivity index (χ2v) is 14.0. The summed E-state index contributed by atoms with van der Waals surface area (Å²) in [6.45, 7) is 4.95. The highest BCUT2D eigenvalue weighted by Gasteiger charge is 2.36. The molecule has 4 heterocycles. The van der Waals surface area contributed by atoms with E-state index < -0.39 is 6.10 Å². The van der Waals surface area contributed by atoms with Crippen LogP contribution in [0.25, 0.3) is 10.9 Å². The van der Waals surface area contributed by atoms with Crippen molar-refractivity contribution in [2.45, 2.75) is 76.0 Å². The van der Waals surface area contributed by atoms with Gasteiger partial charge in [-0.2, -0.15) is 0 Å². The van der Waals surface area contributed by atoms with Gasteiger partial charge in [-0.05, 0) is 92.2 Å². The predicted molar refractivity (Wildman–Crippen MR) is 199 cm³/mol. The summed E-state index contributed by atoms with van der Waals surface area (Å²) >= 11 is 0. The number of pyridine rings is 1. The van der Waals surface area contributed by atoms with E-state index in [1.165, 1.54) is 31.4 Å². The van der Waals surface area contributed by atoms with Crippen LogP contribution in [0, 0.1) is 5.92 Å². The normalized spacial score (nSPS) is 19.4. The standard InChI is InChI=1S/C41H52N4O6/c46-35-19-17-33(34-18-20-38(48)43-40(34)35)36(47)27-42-23-9-4-2-1-3-5-10-26-50-32-15-13-31(14-16-32)39(30-11-7-6-8-12-30)44-41(49)51-37-28-45-24-21-29(37)22-25-45/h6-8,11-20,29,36-37,39,42,46-47H,1-5,9-10,21-28H2,(H,43,48)(H,44,49)/t36-,37+,39?/m1/s1. The molecule has 10 nitrogen and oxygen atoms in total. The lowest BCUT2D eigenvalue weighted by Crippen LogP contribution is -2.52. The Bertz CT molecular complexity index is 1740. The SMILES string of the molecule is O=C(NC(c1ccccc1)c1ccc(OCCCCCCCCCNC[C@@H](O)c2ccc(O)c3[nH]c(=O)ccc23)cc1)O[C@H]1CN2CCC1CC2. The highest BCUT2D eigenvalue weighted by atomic mass is 16.6. The fourth-order valence-electron chi connectivity index (χ4n) is 7.42. The van der Waals surface area contributed by atoms with Crippen molar-refractivity contribution >= 4 is 17.0 Å². The van der Waals surface area contributed by atoms with Gasteiger partial charge in [0.15, 0.2) is 0 Å². The zero-order chi connectivity index (χ0) is 35.4. The van der Waals surface area contributed by atoms with E-state index in [1.54, 1.807) is 12.1 Å². The van der Waals surface area contributed by atoms with Crippen molar-refractivity contribution in [3.63, 3.8) is 0 Å². The molecular weight excluding hydrogens is 644 g/mol. The first-order valence-corrected chi connectivity index (χ1v) is 18.7. The number of aliphatic hydroxyl groups excluding tert-OH is 1. The molecule has 3 aliphatic rings. The first-order valence-electron chi connectivity index (χ1n) is 18.7. The Kier molecular flexibility index (Phi) is 13.0. The summed E-state index contributed by atoms with van der Waals surface area (Å²) in [7, 11) is 0. The summed E-state index contributed by atoms with van der Waals surface area (Å²) in [6.07, 6.45) is 8.88. The molecule has 0 aliphatic carbocycles. The summed E-state index contributed by atoms with van der Waals surface area (Å²) in [5.41, 5.74) is 2.72. The molecule has 0 saturated carbocycles. The van der Waals surface area contributed by atoms with Gasteiger partial charge in [-0.15, -0.1) is 0 Å². The predicted octanol–water partition coefficient (Wildman–Crippen LogP) is 6.58. The van der Waals surface area contributed by atoms with Gasteiger partial charge in [0.1, 0.15) is 17.6 Å². The van der Waals surface area contributed by atoms with Crippen molar-refractivity contribution in [3.8, 4) is 11.5 Å². The van der Waals surface area contributed by atoms with Crippen LogP contribution >= 0.6 is 0 Å². The number of carbonyl (C=O) groups is 1. The van der Waals surface area contributed by atoms with Crippen molar-refractivity contribution < 1.29 is 24.5 Å². The Morgan fingerprint density at radius 3 is 2.29 bits per heavy atom. The van der Waals surface area contributed by atoms with Crippen LogP contribution < -0.4 is 20.9 Å². The number of hydrogen-bond donors (Lipinski definition) is 5. The maximum absolute atomic E-state index is 13.1. The van der Waals surface area contributed by atoms with Crippen LogP contribution in [0.5, 0.6) is 11.5 Å². The lowest BCUT2D eigenvalue weighted by Gasteiger charge is -2.43. The van der Waals surface area contributed by atoms with Gasteiger partial charge in [0.2, 0.25) is 5.56 Å². The molecule has 3 saturated heterocycles. The molecule has 3 fully saturated rings. The molecule has 0 spiro atoms. The van der Waals surface area contributed by atoms with Crippen molar-refractivity contribution in [1.82, 2.24) is 20.5 Å². The zero-order valence-corrected chi connectivity index (χ0v) is 29.4. The third-order valence-electron chi connectivity index (χ3n) is 10.3. The number of phenols is 1. The first kappa shape index (κ1) is 36.4. The van der Waals surface area contributed by atoms with Crippen LogP contribution in [0.1, 0.15) is 86.6 Å². The van der Waals surface area contributed by atoms with E-state index in [1.807, 2.05) is 54.6 Å². The quantitative estimate of drug-likeness (QED) is 0.0737. The Labute approximate surface area is 300 Å². The molecule has 7 rings (SSSR count). The number of alkyl carbamates (subject to hydrolysis) is 1. The number of H-pyrrole nitrogens is 1. The van der Waals surface area contributed by atoms with Gasteiger partial charge < -0.3 is 35.3 Å². The number of unbranched alkanes of at least 4 members (excludes halogenated alkanes) is 6. The number of ether oxygens (including phenoxy) is 2. The topological polar surface area (TPSA) is 136 Å². The first-order chi connectivity index (χ1) is 24.9. The molecule has 51 heavy (non-hydrogen) atoms. The molecule has 272 valence electrons. The van der Waals surface area contributed by atoms with Gasteiger partial charge in [-0.3, -0.25) is 9.69 Å². The number of benzene rings is 3. The number of piperidine rings is 3. The number of fused-ring (bicyclic) bond motifs is 4. The average molecular weight is 697 g/mol. The Balaban J connectivity index is 0.839. The zero-order valence-electron chi connectivity index (χ0n) is 29.4. The number of aromatic hydroxyl groups is 1. The van der Waals surface area contributed by atoms with Crippen molar-refractivity contribution in [1.29, 1.82) is 0 Å². The molecule has 1 unspecified atom stereocenters. The van der Waals surface area contributed by atoms with E-state index in [9.17, 15) is 19.8 Å². The van der Waals surface area contributed by atoms with Gasteiger partial charge >= 0.3 is 6.09 Å². The molecule has 2 bridgehead atoms. The smallest absolute Gasteiger partial charge is 0.408 e. The molecule has 1 aromatic heterocycles. The van der Waals surface area contributed by atoms with E-state index in [2.05, 4.69) is 20.5 Å². The minimum Gasteiger partial charge on any atom is -0.506 e. The Morgan fingerprint density at radius 1 is 0.863 bits per heavy atom. The summed E-state index contributed by atoms with van der Waals surface area (Å²) in [4.78, 5) is 29.7. The van der Waals surface area contributed by atoms with Crippen LogP contribution in [-0.2, 0) is 4.74 Å². The Morgan fingerprint density at radius 2 is 1.57 bits per heavy atom. The highest BCUT2D eigenvalue weighted by Crippen LogP contribution is 2.31. The van der Waals surface area contributed by atoms with E-state index in [-0.39, 0.29) is 29.5 Å². The number of aromatic amines is 1. The minimum atomic E-state index is -0.738. The van der Waals surface area contributed by atoms with Gasteiger partial charge in [0.25, 0.3) is 0 Å². The monoisotopic (exact) mass is 696 g/mol. The summed E-state index contributed by atoms with van der Waals surface area (Å²) in [5.74, 6) is 1.28. The van der Waals surface area contributed by atoms with Crippen molar-refractivity contribution in [2.75, 3.05) is 39.3 Å².